The molecule has 0 saturated carbocycles. The lowest BCUT2D eigenvalue weighted by Crippen LogP contribution is -2.46. The van der Waals surface area contributed by atoms with E-state index in [0.717, 1.165) is 36.5 Å². The Hall–Kier alpha value is -2.70. The van der Waals surface area contributed by atoms with Gasteiger partial charge in [-0.3, -0.25) is 0 Å². The Bertz CT molecular complexity index is 751. The van der Waals surface area contributed by atoms with Crippen LogP contribution in [0.3, 0.4) is 0 Å². The van der Waals surface area contributed by atoms with E-state index in [1.165, 1.54) is 5.56 Å². The maximum absolute atomic E-state index is 12.9. The summed E-state index contributed by atoms with van der Waals surface area (Å²) in [6, 6.07) is 5.81. The predicted octanol–water partition coefficient (Wildman–Crippen LogP) is 3.31. The normalized spacial score (nSPS) is 17.2. The highest BCUT2D eigenvalue weighted by Gasteiger charge is 2.25. The van der Waals surface area contributed by atoms with Gasteiger partial charge in [-0.25, -0.2) is 19.2 Å². The molecule has 0 aliphatic carbocycles. The van der Waals surface area contributed by atoms with E-state index in [0.29, 0.717) is 13.1 Å². The fraction of sp³-hybridized carbons (Fsp3) is 0.389. The van der Waals surface area contributed by atoms with Crippen molar-refractivity contribution >= 4 is 11.7 Å². The van der Waals surface area contributed by atoms with Gasteiger partial charge < -0.3 is 15.0 Å². The van der Waals surface area contributed by atoms with Crippen molar-refractivity contribution < 1.29 is 13.9 Å². The number of aromatic nitrogens is 2. The number of amides is 2. The maximum Gasteiger partial charge on any atom is 0.321 e. The monoisotopic (exact) mass is 344 g/mol. The number of ether oxygens (including phenoxy) is 1. The third-order valence-corrected chi connectivity index (χ3v) is 4.29. The molecule has 1 aromatic heterocycles. The van der Waals surface area contributed by atoms with E-state index in [9.17, 15) is 9.18 Å². The summed E-state index contributed by atoms with van der Waals surface area (Å²) in [6.07, 6.45) is 3.55. The lowest BCUT2D eigenvalue weighted by atomic mass is 10.1. The van der Waals surface area contributed by atoms with Gasteiger partial charge in [0.05, 0.1) is 18.9 Å². The second-order valence-electron chi connectivity index (χ2n) is 6.24. The molecule has 0 unspecified atom stereocenters. The zero-order chi connectivity index (χ0) is 17.8. The number of aryl methyl sites for hydroxylation is 2. The molecule has 25 heavy (non-hydrogen) atoms. The highest BCUT2D eigenvalue weighted by atomic mass is 19.1. The van der Waals surface area contributed by atoms with Crippen LogP contribution in [0.5, 0.6) is 6.01 Å². The second-order valence-corrected chi connectivity index (χ2v) is 6.24. The molecule has 0 radical (unpaired) electrons. The number of anilines is 1. The van der Waals surface area contributed by atoms with E-state index in [4.69, 9.17) is 4.74 Å². The Morgan fingerprint density at radius 2 is 2.04 bits per heavy atom. The van der Waals surface area contributed by atoms with Crippen LogP contribution in [-0.4, -0.2) is 40.1 Å². The number of urea groups is 1. The van der Waals surface area contributed by atoms with E-state index in [-0.39, 0.29) is 18.1 Å². The Morgan fingerprint density at radius 3 is 2.76 bits per heavy atom. The minimum absolute atomic E-state index is 0.128. The van der Waals surface area contributed by atoms with Crippen molar-refractivity contribution in [3.05, 3.63) is 47.5 Å². The van der Waals surface area contributed by atoms with E-state index in [2.05, 4.69) is 15.3 Å². The number of nitrogens with one attached hydrogen (secondary N) is 1. The molecule has 6 nitrogen and oxygen atoms in total. The van der Waals surface area contributed by atoms with Crippen molar-refractivity contribution in [1.29, 1.82) is 0 Å². The van der Waals surface area contributed by atoms with Gasteiger partial charge in [0, 0.05) is 12.2 Å². The second kappa shape index (κ2) is 7.46. The highest BCUT2D eigenvalue weighted by molar-refractivity contribution is 5.89. The van der Waals surface area contributed by atoms with E-state index >= 15 is 0 Å². The molecule has 7 heteroatoms. The van der Waals surface area contributed by atoms with Gasteiger partial charge >= 0.3 is 12.0 Å². The Labute approximate surface area is 146 Å². The molecule has 1 N–H and O–H groups in total. The average molecular weight is 344 g/mol. The molecule has 132 valence electrons. The van der Waals surface area contributed by atoms with Crippen molar-refractivity contribution in [1.82, 2.24) is 14.9 Å². The van der Waals surface area contributed by atoms with Crippen molar-refractivity contribution in [3.63, 3.8) is 0 Å². The molecule has 1 atom stereocenters. The molecule has 1 aromatic carbocycles. The number of hydrogen-bond acceptors (Lipinski definition) is 4. The van der Waals surface area contributed by atoms with Gasteiger partial charge in [0.2, 0.25) is 0 Å². The van der Waals surface area contributed by atoms with Gasteiger partial charge in [-0.15, -0.1) is 0 Å². The summed E-state index contributed by atoms with van der Waals surface area (Å²) in [5.74, 6) is -0.509. The number of likely N-dealkylation sites (tertiary alicyclic amines) is 1. The van der Waals surface area contributed by atoms with Gasteiger partial charge in [-0.05, 0) is 49.9 Å². The summed E-state index contributed by atoms with van der Waals surface area (Å²) >= 11 is 0. The third-order valence-electron chi connectivity index (χ3n) is 4.29. The Morgan fingerprint density at radius 1 is 1.28 bits per heavy atom. The molecular weight excluding hydrogens is 323 g/mol. The molecule has 1 saturated heterocycles. The lowest BCUT2D eigenvalue weighted by Gasteiger charge is -2.32. The SMILES string of the molecule is Cc1ccc(NC(=O)N2CCC[C@H](Oc3ncc(F)cn3)C2)cc1C. The van der Waals surface area contributed by atoms with Gasteiger partial charge in [0.25, 0.3) is 0 Å². The quantitative estimate of drug-likeness (QED) is 0.928. The summed E-state index contributed by atoms with van der Waals surface area (Å²) in [5.41, 5.74) is 3.09. The van der Waals surface area contributed by atoms with Crippen molar-refractivity contribution in [2.24, 2.45) is 0 Å². The molecule has 3 rings (SSSR count). The first-order valence-electron chi connectivity index (χ1n) is 8.28. The summed E-state index contributed by atoms with van der Waals surface area (Å²) in [7, 11) is 0. The van der Waals surface area contributed by atoms with Crippen LogP contribution in [0.1, 0.15) is 24.0 Å². The van der Waals surface area contributed by atoms with Crippen LogP contribution in [0.15, 0.2) is 30.6 Å². The molecule has 0 bridgehead atoms. The van der Waals surface area contributed by atoms with Crippen molar-refractivity contribution in [2.45, 2.75) is 32.8 Å². The van der Waals surface area contributed by atoms with E-state index in [1.54, 1.807) is 4.90 Å². The molecule has 2 aromatic rings. The fourth-order valence-electron chi connectivity index (χ4n) is 2.75. The number of carbonyl (C=O) groups excluding carboxylic acids is 1. The number of hydrogen-bond donors (Lipinski definition) is 1. The number of piperidine rings is 1. The van der Waals surface area contributed by atoms with Crippen LogP contribution in [0.25, 0.3) is 0 Å². The molecule has 2 heterocycles. The molecule has 1 aliphatic heterocycles. The largest absolute Gasteiger partial charge is 0.458 e. The van der Waals surface area contributed by atoms with Crippen molar-refractivity contribution in [2.75, 3.05) is 18.4 Å². The van der Waals surface area contributed by atoms with Gasteiger partial charge in [0.15, 0.2) is 5.82 Å². The van der Waals surface area contributed by atoms with Gasteiger partial charge in [0.1, 0.15) is 6.10 Å². The zero-order valence-corrected chi connectivity index (χ0v) is 14.3. The lowest BCUT2D eigenvalue weighted by molar-refractivity contribution is 0.0981. The molecule has 1 aliphatic rings. The minimum Gasteiger partial charge on any atom is -0.458 e. The molecular formula is C18H21FN4O2. The number of nitrogens with zero attached hydrogens (tertiary/aromatic N) is 3. The minimum atomic E-state index is -0.509. The molecule has 1 fully saturated rings. The van der Waals surface area contributed by atoms with Crippen molar-refractivity contribution in [3.8, 4) is 6.01 Å². The number of benzene rings is 1. The van der Waals surface area contributed by atoms with Crippen LogP contribution in [-0.2, 0) is 0 Å². The zero-order valence-electron chi connectivity index (χ0n) is 14.3. The van der Waals surface area contributed by atoms with E-state index < -0.39 is 5.82 Å². The van der Waals surface area contributed by atoms with Crippen LogP contribution in [0.2, 0.25) is 0 Å². The van der Waals surface area contributed by atoms with Crippen LogP contribution < -0.4 is 10.1 Å². The maximum atomic E-state index is 12.9. The van der Waals surface area contributed by atoms with Gasteiger partial charge in [-0.2, -0.15) is 0 Å². The number of rotatable bonds is 3. The number of halogens is 1. The predicted molar refractivity (Wildman–Crippen MR) is 92.1 cm³/mol. The molecule has 0 spiro atoms. The summed E-state index contributed by atoms with van der Waals surface area (Å²) in [4.78, 5) is 21.8. The highest BCUT2D eigenvalue weighted by Crippen LogP contribution is 2.18. The fourth-order valence-corrected chi connectivity index (χ4v) is 2.75. The Balaban J connectivity index is 1.59. The summed E-state index contributed by atoms with van der Waals surface area (Å²) < 4.78 is 18.5. The summed E-state index contributed by atoms with van der Waals surface area (Å²) in [5, 5.41) is 2.92. The smallest absolute Gasteiger partial charge is 0.321 e. The topological polar surface area (TPSA) is 67.4 Å². The Kier molecular flexibility index (Phi) is 5.11. The average Bonchev–Trinajstić information content (AvgIpc) is 2.60. The molecule has 2 amide bonds. The first kappa shape index (κ1) is 17.1. The van der Waals surface area contributed by atoms with E-state index in [1.807, 2.05) is 32.0 Å². The number of carbonyl (C=O) groups is 1. The van der Waals surface area contributed by atoms with Crippen LogP contribution in [0.4, 0.5) is 14.9 Å². The third kappa shape index (κ3) is 4.43. The van der Waals surface area contributed by atoms with Crippen LogP contribution >= 0.6 is 0 Å². The standard InChI is InChI=1S/C18H21FN4O2/c1-12-5-6-15(8-13(12)2)22-18(24)23-7-3-4-16(11-23)25-17-20-9-14(19)10-21-17/h5-6,8-10,16H,3-4,7,11H2,1-2H3,(H,22,24)/t16-/m0/s1. The first-order chi connectivity index (χ1) is 12.0. The van der Waals surface area contributed by atoms with Gasteiger partial charge in [-0.1, -0.05) is 6.07 Å². The first-order valence-corrected chi connectivity index (χ1v) is 8.28. The summed E-state index contributed by atoms with van der Waals surface area (Å²) in [6.45, 7) is 5.15. The van der Waals surface area contributed by atoms with Crippen LogP contribution in [0, 0.1) is 19.7 Å².